The maximum Gasteiger partial charge on any atom is 0.226 e. The topological polar surface area (TPSA) is 59.8 Å². The summed E-state index contributed by atoms with van der Waals surface area (Å²) in [5.41, 5.74) is 3.74. The third kappa shape index (κ3) is 2.64. The number of fused-ring (bicyclic) bond motifs is 2. The van der Waals surface area contributed by atoms with Crippen LogP contribution >= 0.6 is 22.9 Å². The Morgan fingerprint density at radius 1 is 1.19 bits per heavy atom. The maximum absolute atomic E-state index is 12.5. The summed E-state index contributed by atoms with van der Waals surface area (Å²) < 4.78 is 2.83. The van der Waals surface area contributed by atoms with Crippen molar-refractivity contribution in [2.45, 2.75) is 19.3 Å². The molecule has 0 radical (unpaired) electrons. The van der Waals surface area contributed by atoms with Gasteiger partial charge in [-0.3, -0.25) is 4.79 Å². The number of rotatable bonds is 2. The van der Waals surface area contributed by atoms with Crippen LogP contribution in [-0.2, 0) is 4.79 Å². The number of halogens is 1. The molecule has 2 aromatic carbocycles. The molecule has 7 heteroatoms. The van der Waals surface area contributed by atoms with Crippen molar-refractivity contribution in [3.63, 3.8) is 0 Å². The van der Waals surface area contributed by atoms with Gasteiger partial charge in [-0.25, -0.2) is 4.98 Å². The SMILES string of the molecule is Cc1nn(-c2nc3ccccc3s2)c2c1C(c1ccccc1Cl)CC(=O)N2. The lowest BCUT2D eigenvalue weighted by Crippen LogP contribution is -2.25. The van der Waals surface area contributed by atoms with Crippen LogP contribution in [0, 0.1) is 6.92 Å². The summed E-state index contributed by atoms with van der Waals surface area (Å²) in [5, 5.41) is 9.10. The Bertz CT molecular complexity index is 1160. The largest absolute Gasteiger partial charge is 0.310 e. The zero-order chi connectivity index (χ0) is 18.5. The standard InChI is InChI=1S/C20H15ClN4OS/c1-11-18-13(12-6-2-3-7-14(12)21)10-17(26)23-19(18)25(24-11)20-22-15-8-4-5-9-16(15)27-20/h2-9,13H,10H2,1H3,(H,23,26). The van der Waals surface area contributed by atoms with Gasteiger partial charge in [0.15, 0.2) is 0 Å². The first-order valence-corrected chi connectivity index (χ1v) is 9.81. The third-order valence-corrected chi connectivity index (χ3v) is 6.20. The van der Waals surface area contributed by atoms with Crippen LogP contribution in [0.5, 0.6) is 0 Å². The fraction of sp³-hybridized carbons (Fsp3) is 0.150. The summed E-state index contributed by atoms with van der Waals surface area (Å²) in [7, 11) is 0. The van der Waals surface area contributed by atoms with Crippen molar-refractivity contribution in [1.82, 2.24) is 14.8 Å². The van der Waals surface area contributed by atoms with Crippen LogP contribution in [0.4, 0.5) is 5.82 Å². The van der Waals surface area contributed by atoms with Crippen molar-refractivity contribution in [2.75, 3.05) is 5.32 Å². The predicted octanol–water partition coefficient (Wildman–Crippen LogP) is 4.92. The summed E-state index contributed by atoms with van der Waals surface area (Å²) in [6.07, 6.45) is 0.350. The molecule has 0 saturated carbocycles. The molecule has 0 spiro atoms. The Hall–Kier alpha value is -2.70. The van der Waals surface area contributed by atoms with Crippen molar-refractivity contribution in [1.29, 1.82) is 0 Å². The average Bonchev–Trinajstić information content (AvgIpc) is 3.22. The van der Waals surface area contributed by atoms with Gasteiger partial charge in [-0.05, 0) is 30.7 Å². The van der Waals surface area contributed by atoms with E-state index in [1.54, 1.807) is 16.0 Å². The van der Waals surface area contributed by atoms with Crippen molar-refractivity contribution < 1.29 is 4.79 Å². The number of hydrogen-bond acceptors (Lipinski definition) is 4. The van der Waals surface area contributed by atoms with Crippen LogP contribution in [0.2, 0.25) is 5.02 Å². The van der Waals surface area contributed by atoms with Crippen LogP contribution in [0.15, 0.2) is 48.5 Å². The van der Waals surface area contributed by atoms with Crippen molar-refractivity contribution >= 4 is 44.9 Å². The minimum atomic E-state index is -0.120. The van der Waals surface area contributed by atoms with Crippen molar-refractivity contribution in [2.24, 2.45) is 0 Å². The Morgan fingerprint density at radius 3 is 2.78 bits per heavy atom. The van der Waals surface area contributed by atoms with Crippen LogP contribution in [0.25, 0.3) is 15.3 Å². The highest BCUT2D eigenvalue weighted by Gasteiger charge is 2.34. The number of thiazole rings is 1. The molecule has 0 fully saturated rings. The van der Waals surface area contributed by atoms with E-state index in [2.05, 4.69) is 10.3 Å². The van der Waals surface area contributed by atoms with E-state index in [1.165, 1.54) is 0 Å². The number of nitrogens with zero attached hydrogens (tertiary/aromatic N) is 3. The number of carbonyl (C=O) groups is 1. The predicted molar refractivity (Wildman–Crippen MR) is 108 cm³/mol. The number of benzene rings is 2. The molecule has 1 aliphatic rings. The lowest BCUT2D eigenvalue weighted by Gasteiger charge is -2.24. The number of aryl methyl sites for hydroxylation is 1. The molecule has 0 aliphatic carbocycles. The highest BCUT2D eigenvalue weighted by atomic mass is 35.5. The summed E-state index contributed by atoms with van der Waals surface area (Å²) in [4.78, 5) is 17.2. The molecular weight excluding hydrogens is 380 g/mol. The molecule has 1 amide bonds. The van der Waals surface area contributed by atoms with E-state index in [-0.39, 0.29) is 11.8 Å². The van der Waals surface area contributed by atoms with E-state index < -0.39 is 0 Å². The van der Waals surface area contributed by atoms with E-state index in [0.29, 0.717) is 17.3 Å². The number of hydrogen-bond donors (Lipinski definition) is 1. The minimum Gasteiger partial charge on any atom is -0.310 e. The fourth-order valence-electron chi connectivity index (χ4n) is 3.66. The van der Waals surface area contributed by atoms with Gasteiger partial charge in [0, 0.05) is 22.9 Å². The van der Waals surface area contributed by atoms with Gasteiger partial charge in [0.2, 0.25) is 11.0 Å². The molecule has 1 atom stereocenters. The monoisotopic (exact) mass is 394 g/mol. The smallest absolute Gasteiger partial charge is 0.226 e. The number of aromatic nitrogens is 3. The molecule has 134 valence electrons. The minimum absolute atomic E-state index is 0.0466. The zero-order valence-corrected chi connectivity index (χ0v) is 16.0. The van der Waals surface area contributed by atoms with Gasteiger partial charge < -0.3 is 5.32 Å². The average molecular weight is 395 g/mol. The Balaban J connectivity index is 1.70. The van der Waals surface area contributed by atoms with E-state index in [9.17, 15) is 4.79 Å². The van der Waals surface area contributed by atoms with E-state index >= 15 is 0 Å². The van der Waals surface area contributed by atoms with Gasteiger partial charge in [0.25, 0.3) is 0 Å². The first-order valence-electron chi connectivity index (χ1n) is 8.61. The van der Waals surface area contributed by atoms with Crippen LogP contribution in [-0.4, -0.2) is 20.7 Å². The Morgan fingerprint density at radius 2 is 1.96 bits per heavy atom. The second-order valence-electron chi connectivity index (χ2n) is 6.55. The quantitative estimate of drug-likeness (QED) is 0.525. The summed E-state index contributed by atoms with van der Waals surface area (Å²) in [6.45, 7) is 1.96. The molecule has 4 aromatic rings. The Labute approximate surface area is 164 Å². The molecule has 1 unspecified atom stereocenters. The first kappa shape index (κ1) is 16.5. The number of amides is 1. The molecule has 0 saturated heterocycles. The molecule has 1 N–H and O–H groups in total. The molecule has 5 nitrogen and oxygen atoms in total. The fourth-order valence-corrected chi connectivity index (χ4v) is 4.85. The van der Waals surface area contributed by atoms with Gasteiger partial charge in [-0.1, -0.05) is 53.3 Å². The maximum atomic E-state index is 12.5. The van der Waals surface area contributed by atoms with Gasteiger partial charge in [0.1, 0.15) is 5.82 Å². The molecule has 5 rings (SSSR count). The number of nitrogens with one attached hydrogen (secondary N) is 1. The van der Waals surface area contributed by atoms with Crippen molar-refractivity contribution in [3.05, 3.63) is 70.4 Å². The normalized spacial score (nSPS) is 16.4. The van der Waals surface area contributed by atoms with E-state index in [4.69, 9.17) is 16.7 Å². The number of anilines is 1. The zero-order valence-electron chi connectivity index (χ0n) is 14.4. The molecule has 1 aliphatic heterocycles. The number of carbonyl (C=O) groups excluding carboxylic acids is 1. The summed E-state index contributed by atoms with van der Waals surface area (Å²) >= 11 is 7.98. The highest BCUT2D eigenvalue weighted by Crippen LogP contribution is 2.42. The molecule has 27 heavy (non-hydrogen) atoms. The van der Waals surface area contributed by atoms with E-state index in [0.717, 1.165) is 32.2 Å². The molecule has 2 aromatic heterocycles. The molecular formula is C20H15ClN4OS. The highest BCUT2D eigenvalue weighted by molar-refractivity contribution is 7.20. The first-order chi connectivity index (χ1) is 13.1. The Kier molecular flexibility index (Phi) is 3.77. The summed E-state index contributed by atoms with van der Waals surface area (Å²) in [6, 6.07) is 15.6. The second-order valence-corrected chi connectivity index (χ2v) is 7.97. The second kappa shape index (κ2) is 6.18. The third-order valence-electron chi connectivity index (χ3n) is 4.85. The van der Waals surface area contributed by atoms with Gasteiger partial charge in [-0.2, -0.15) is 9.78 Å². The van der Waals surface area contributed by atoms with Gasteiger partial charge >= 0.3 is 0 Å². The lowest BCUT2D eigenvalue weighted by atomic mass is 9.86. The summed E-state index contributed by atoms with van der Waals surface area (Å²) in [5.74, 6) is 0.521. The molecule has 3 heterocycles. The van der Waals surface area contributed by atoms with Gasteiger partial charge in [-0.15, -0.1) is 0 Å². The molecule has 0 bridgehead atoms. The van der Waals surface area contributed by atoms with Crippen LogP contribution < -0.4 is 5.32 Å². The van der Waals surface area contributed by atoms with Crippen LogP contribution in [0.3, 0.4) is 0 Å². The van der Waals surface area contributed by atoms with Crippen molar-refractivity contribution in [3.8, 4) is 5.13 Å². The van der Waals surface area contributed by atoms with Crippen LogP contribution in [0.1, 0.15) is 29.2 Å². The van der Waals surface area contributed by atoms with Gasteiger partial charge in [0.05, 0.1) is 15.9 Å². The number of para-hydroxylation sites is 1. The van der Waals surface area contributed by atoms with E-state index in [1.807, 2.05) is 55.5 Å². The lowest BCUT2D eigenvalue weighted by molar-refractivity contribution is -0.116.